The molecule has 0 saturated carbocycles. The molecule has 0 aromatic carbocycles. The third kappa shape index (κ3) is 4.31. The van der Waals surface area contributed by atoms with Gasteiger partial charge in [0.05, 0.1) is 0 Å². The maximum atomic E-state index is 10.9. The number of carbonyl (C=O) groups is 2. The van der Waals surface area contributed by atoms with Gasteiger partial charge in [-0.25, -0.2) is 0 Å². The molecular weight excluding hydrogens is 142 g/mol. The van der Waals surface area contributed by atoms with Crippen molar-refractivity contribution in [1.82, 2.24) is 5.32 Å². The number of rotatable bonds is 3. The van der Waals surface area contributed by atoms with Crippen molar-refractivity contribution in [3.8, 4) is 0 Å². The molecule has 0 heterocycles. The van der Waals surface area contributed by atoms with Crippen LogP contribution in [0.15, 0.2) is 12.2 Å². The summed E-state index contributed by atoms with van der Waals surface area (Å²) in [6.45, 7) is 3.58. The summed E-state index contributed by atoms with van der Waals surface area (Å²) in [5, 5.41) is 2.38. The Morgan fingerprint density at radius 2 is 1.82 bits per heavy atom. The van der Waals surface area contributed by atoms with Crippen molar-refractivity contribution < 1.29 is 9.59 Å². The Hall–Kier alpha value is -1.12. The Morgan fingerprint density at radius 3 is 2.18 bits per heavy atom. The molecule has 0 fully saturated rings. The Bertz CT molecular complexity index is 183. The lowest BCUT2D eigenvalue weighted by Crippen LogP contribution is -2.15. The van der Waals surface area contributed by atoms with Gasteiger partial charge < -0.3 is 5.32 Å². The molecule has 0 atom stereocenters. The monoisotopic (exact) mass is 155 g/mol. The van der Waals surface area contributed by atoms with Crippen LogP contribution in [0.5, 0.6) is 0 Å². The quantitative estimate of drug-likeness (QED) is 0.604. The van der Waals surface area contributed by atoms with Crippen molar-refractivity contribution in [2.24, 2.45) is 5.92 Å². The smallest absolute Gasteiger partial charge is 0.243 e. The Kier molecular flexibility index (Phi) is 4.18. The lowest BCUT2D eigenvalue weighted by molar-refractivity contribution is -0.118. The van der Waals surface area contributed by atoms with Crippen LogP contribution in [0.3, 0.4) is 0 Å². The topological polar surface area (TPSA) is 46.2 Å². The zero-order valence-electron chi connectivity index (χ0n) is 7.05. The third-order valence-electron chi connectivity index (χ3n) is 1.21. The fourth-order valence-electron chi connectivity index (χ4n) is 0.434. The number of hydrogen-bond acceptors (Lipinski definition) is 2. The second kappa shape index (κ2) is 4.66. The maximum Gasteiger partial charge on any atom is 0.243 e. The van der Waals surface area contributed by atoms with Crippen LogP contribution in [-0.4, -0.2) is 18.7 Å². The van der Waals surface area contributed by atoms with E-state index in [0.29, 0.717) is 0 Å². The molecule has 0 unspecified atom stereocenters. The predicted octanol–water partition coefficient (Wildman–Crippen LogP) is 0.514. The number of amides is 1. The number of allylic oxidation sites excluding steroid dienone is 1. The van der Waals surface area contributed by atoms with Crippen LogP contribution in [-0.2, 0) is 9.59 Å². The highest BCUT2D eigenvalue weighted by molar-refractivity contribution is 5.98. The molecule has 0 aliphatic carbocycles. The van der Waals surface area contributed by atoms with Crippen molar-refractivity contribution in [1.29, 1.82) is 0 Å². The summed E-state index contributed by atoms with van der Waals surface area (Å²) in [6.07, 6.45) is 2.53. The molecular formula is C8H13NO2. The van der Waals surface area contributed by atoms with Crippen molar-refractivity contribution in [3.05, 3.63) is 12.2 Å². The standard InChI is InChI=1S/C8H13NO2/c1-6(2)7(10)4-5-8(11)9-3/h4-6H,1-3H3,(H,9,11)/b5-4+. The minimum Gasteiger partial charge on any atom is -0.356 e. The maximum absolute atomic E-state index is 10.9. The summed E-state index contributed by atoms with van der Waals surface area (Å²) >= 11 is 0. The normalized spacial score (nSPS) is 10.5. The average Bonchev–Trinajstić information content (AvgIpc) is 1.99. The van der Waals surface area contributed by atoms with Crippen molar-refractivity contribution >= 4 is 11.7 Å². The highest BCUT2D eigenvalue weighted by atomic mass is 16.1. The molecule has 0 aliphatic heterocycles. The molecule has 0 saturated heterocycles. The van der Waals surface area contributed by atoms with Crippen LogP contribution < -0.4 is 5.32 Å². The molecule has 62 valence electrons. The molecule has 1 N–H and O–H groups in total. The van der Waals surface area contributed by atoms with Gasteiger partial charge in [0, 0.05) is 19.0 Å². The Labute approximate surface area is 66.5 Å². The second-order valence-corrected chi connectivity index (χ2v) is 2.50. The van der Waals surface area contributed by atoms with Gasteiger partial charge in [0.25, 0.3) is 0 Å². The molecule has 0 aromatic heterocycles. The van der Waals surface area contributed by atoms with Crippen LogP contribution in [0, 0.1) is 5.92 Å². The van der Waals surface area contributed by atoms with Crippen LogP contribution in [0.2, 0.25) is 0 Å². The van der Waals surface area contributed by atoms with Gasteiger partial charge >= 0.3 is 0 Å². The number of likely N-dealkylation sites (N-methyl/N-ethyl adjacent to an activating group) is 1. The Balaban J connectivity index is 3.93. The average molecular weight is 155 g/mol. The number of carbonyl (C=O) groups excluding carboxylic acids is 2. The van der Waals surface area contributed by atoms with Crippen molar-refractivity contribution in [2.75, 3.05) is 7.05 Å². The van der Waals surface area contributed by atoms with E-state index in [1.165, 1.54) is 19.2 Å². The van der Waals surface area contributed by atoms with Crippen LogP contribution in [0.4, 0.5) is 0 Å². The molecule has 3 heteroatoms. The van der Waals surface area contributed by atoms with Crippen LogP contribution in [0.1, 0.15) is 13.8 Å². The minimum absolute atomic E-state index is 0.0337. The van der Waals surface area contributed by atoms with Crippen LogP contribution in [0.25, 0.3) is 0 Å². The number of nitrogens with one attached hydrogen (secondary N) is 1. The molecule has 0 aromatic rings. The number of hydrogen-bond donors (Lipinski definition) is 1. The first-order chi connectivity index (χ1) is 5.07. The van der Waals surface area contributed by atoms with Crippen LogP contribution >= 0.6 is 0 Å². The number of ketones is 1. The van der Waals surface area contributed by atoms with E-state index in [0.717, 1.165) is 0 Å². The highest BCUT2D eigenvalue weighted by Gasteiger charge is 2.01. The van der Waals surface area contributed by atoms with E-state index in [-0.39, 0.29) is 17.6 Å². The summed E-state index contributed by atoms with van der Waals surface area (Å²) in [5.41, 5.74) is 0. The zero-order valence-corrected chi connectivity index (χ0v) is 7.05. The van der Waals surface area contributed by atoms with Gasteiger partial charge in [-0.1, -0.05) is 13.8 Å². The highest BCUT2D eigenvalue weighted by Crippen LogP contribution is 1.94. The lowest BCUT2D eigenvalue weighted by atomic mass is 10.1. The molecule has 0 spiro atoms. The van der Waals surface area contributed by atoms with Gasteiger partial charge in [-0.05, 0) is 6.08 Å². The summed E-state index contributed by atoms with van der Waals surface area (Å²) in [6, 6.07) is 0. The van der Waals surface area contributed by atoms with E-state index >= 15 is 0 Å². The van der Waals surface area contributed by atoms with Crippen molar-refractivity contribution in [3.63, 3.8) is 0 Å². The molecule has 11 heavy (non-hydrogen) atoms. The second-order valence-electron chi connectivity index (χ2n) is 2.50. The fourth-order valence-corrected chi connectivity index (χ4v) is 0.434. The van der Waals surface area contributed by atoms with E-state index in [4.69, 9.17) is 0 Å². The first-order valence-corrected chi connectivity index (χ1v) is 3.51. The third-order valence-corrected chi connectivity index (χ3v) is 1.21. The van der Waals surface area contributed by atoms with E-state index in [1.807, 2.05) is 0 Å². The SMILES string of the molecule is CNC(=O)/C=C/C(=O)C(C)C. The van der Waals surface area contributed by atoms with E-state index in [2.05, 4.69) is 5.32 Å². The molecule has 3 nitrogen and oxygen atoms in total. The van der Waals surface area contributed by atoms with Gasteiger partial charge in [-0.2, -0.15) is 0 Å². The first-order valence-electron chi connectivity index (χ1n) is 3.51. The lowest BCUT2D eigenvalue weighted by Gasteiger charge is -1.95. The van der Waals surface area contributed by atoms with E-state index < -0.39 is 0 Å². The predicted molar refractivity (Wildman–Crippen MR) is 43.1 cm³/mol. The largest absolute Gasteiger partial charge is 0.356 e. The summed E-state index contributed by atoms with van der Waals surface area (Å²) < 4.78 is 0. The summed E-state index contributed by atoms with van der Waals surface area (Å²) in [4.78, 5) is 21.5. The van der Waals surface area contributed by atoms with Gasteiger partial charge in [0.2, 0.25) is 5.91 Å². The molecule has 0 radical (unpaired) electrons. The molecule has 0 rings (SSSR count). The van der Waals surface area contributed by atoms with Gasteiger partial charge in [-0.3, -0.25) is 9.59 Å². The van der Waals surface area contributed by atoms with E-state index in [9.17, 15) is 9.59 Å². The Morgan fingerprint density at radius 1 is 1.27 bits per heavy atom. The van der Waals surface area contributed by atoms with E-state index in [1.54, 1.807) is 13.8 Å². The summed E-state index contributed by atoms with van der Waals surface area (Å²) in [7, 11) is 1.52. The molecule has 0 bridgehead atoms. The summed E-state index contributed by atoms with van der Waals surface area (Å²) in [5.74, 6) is -0.330. The minimum atomic E-state index is -0.251. The van der Waals surface area contributed by atoms with Crippen molar-refractivity contribution in [2.45, 2.75) is 13.8 Å². The van der Waals surface area contributed by atoms with Gasteiger partial charge in [0.1, 0.15) is 0 Å². The first kappa shape index (κ1) is 9.88. The fraction of sp³-hybridized carbons (Fsp3) is 0.500. The zero-order chi connectivity index (χ0) is 8.85. The van der Waals surface area contributed by atoms with Gasteiger partial charge in [0.15, 0.2) is 5.78 Å². The molecule has 1 amide bonds. The molecule has 0 aliphatic rings. The van der Waals surface area contributed by atoms with Gasteiger partial charge in [-0.15, -0.1) is 0 Å².